The van der Waals surface area contributed by atoms with Gasteiger partial charge >= 0.3 is 12.2 Å². The van der Waals surface area contributed by atoms with Gasteiger partial charge in [0, 0.05) is 24.3 Å². The Labute approximate surface area is 252 Å². The first-order valence-corrected chi connectivity index (χ1v) is 17.1. The molecule has 0 aromatic rings. The summed E-state index contributed by atoms with van der Waals surface area (Å²) in [6.07, 6.45) is 9.65. The zero-order valence-electron chi connectivity index (χ0n) is 26.3. The number of carbonyl (C=O) groups is 4. The number of amides is 2. The molecule has 0 bridgehead atoms. The third kappa shape index (κ3) is 24.4. The molecule has 0 fully saturated rings. The maximum Gasteiger partial charge on any atom is 0.408 e. The Bertz CT molecular complexity index is 687. The van der Waals surface area contributed by atoms with Crippen molar-refractivity contribution in [3.05, 3.63) is 0 Å². The number of ketones is 2. The third-order valence-electron chi connectivity index (χ3n) is 5.75. The Morgan fingerprint density at radius 2 is 0.850 bits per heavy atom. The summed E-state index contributed by atoms with van der Waals surface area (Å²) < 4.78 is 10.4. The number of nitrogens with one attached hydrogen (secondary N) is 2. The lowest BCUT2D eigenvalue weighted by molar-refractivity contribution is -0.121. The predicted molar refractivity (Wildman–Crippen MR) is 168 cm³/mol. The van der Waals surface area contributed by atoms with Crippen LogP contribution in [0.5, 0.6) is 0 Å². The van der Waals surface area contributed by atoms with E-state index in [1.807, 2.05) is 0 Å². The summed E-state index contributed by atoms with van der Waals surface area (Å²) >= 11 is 3.61. The molecule has 0 aliphatic heterocycles. The Morgan fingerprint density at radius 1 is 0.550 bits per heavy atom. The Kier molecular flexibility index (Phi) is 20.6. The van der Waals surface area contributed by atoms with Gasteiger partial charge < -0.3 is 20.1 Å². The smallest absolute Gasteiger partial charge is 0.408 e. The number of Topliss-reactive ketones (excluding diaryl/α,β-unsaturated/α-hetero) is 2. The molecule has 0 aliphatic rings. The fourth-order valence-corrected chi connectivity index (χ4v) is 5.50. The lowest BCUT2D eigenvalue weighted by Gasteiger charge is -2.21. The van der Waals surface area contributed by atoms with Crippen LogP contribution in [0.15, 0.2) is 0 Å². The predicted octanol–water partition coefficient (Wildman–Crippen LogP) is 7.32. The van der Waals surface area contributed by atoms with E-state index < -0.39 is 35.5 Å². The first kappa shape index (κ1) is 38.6. The third-order valence-corrected chi connectivity index (χ3v) is 7.89. The molecule has 40 heavy (non-hydrogen) atoms. The molecule has 2 atom stereocenters. The number of ether oxygens (including phenoxy) is 2. The van der Waals surface area contributed by atoms with Crippen molar-refractivity contribution in [2.24, 2.45) is 0 Å². The van der Waals surface area contributed by atoms with E-state index in [0.717, 1.165) is 23.0 Å². The van der Waals surface area contributed by atoms with Gasteiger partial charge in [0.25, 0.3) is 0 Å². The van der Waals surface area contributed by atoms with Gasteiger partial charge in [-0.15, -0.1) is 0 Å². The van der Waals surface area contributed by atoms with Crippen LogP contribution in [0, 0.1) is 0 Å². The van der Waals surface area contributed by atoms with Crippen molar-refractivity contribution >= 4 is 47.3 Å². The molecule has 0 rings (SSSR count). The van der Waals surface area contributed by atoms with E-state index in [1.54, 1.807) is 78.9 Å². The van der Waals surface area contributed by atoms with Crippen molar-refractivity contribution in [1.82, 2.24) is 10.6 Å². The molecule has 0 radical (unpaired) electrons. The number of thioether (sulfide) groups is 2. The number of carbonyl (C=O) groups excluding carboxylic acids is 4. The number of unbranched alkanes of at least 4 members (excludes halogenated alkanes) is 7. The van der Waals surface area contributed by atoms with E-state index >= 15 is 0 Å². The molecule has 0 saturated carbocycles. The number of rotatable bonds is 21. The van der Waals surface area contributed by atoms with Crippen LogP contribution < -0.4 is 10.6 Å². The van der Waals surface area contributed by atoms with Crippen LogP contribution in [0.3, 0.4) is 0 Å². The Balaban J connectivity index is 3.54. The van der Waals surface area contributed by atoms with E-state index in [0.29, 0.717) is 12.8 Å². The second-order valence-electron chi connectivity index (χ2n) is 12.2. The van der Waals surface area contributed by atoms with Crippen LogP contribution in [0.25, 0.3) is 0 Å². The molecule has 8 nitrogen and oxygen atoms in total. The summed E-state index contributed by atoms with van der Waals surface area (Å²) in [6.45, 7) is 14.2. The highest BCUT2D eigenvalue weighted by atomic mass is 32.2. The molecule has 10 heteroatoms. The molecular formula is C30H56N2O6S2. The SMILES string of the molecule is C[C@H](NC(=O)OC(C)(C)C)C(=O)CCSCCCCCCCCCCSCCC(=O)[C@H](C)NC(=O)OC(C)(C)C. The lowest BCUT2D eigenvalue weighted by atomic mass is 10.1. The van der Waals surface area contributed by atoms with Crippen LogP contribution >= 0.6 is 23.5 Å². The van der Waals surface area contributed by atoms with Gasteiger partial charge in [-0.3, -0.25) is 9.59 Å². The quantitative estimate of drug-likeness (QED) is 0.131. The molecular weight excluding hydrogens is 548 g/mol. The lowest BCUT2D eigenvalue weighted by Crippen LogP contribution is -2.41. The van der Waals surface area contributed by atoms with Crippen LogP contribution in [-0.2, 0) is 19.1 Å². The number of alkyl carbamates (subject to hydrolysis) is 2. The van der Waals surface area contributed by atoms with Gasteiger partial charge in [0.2, 0.25) is 0 Å². The highest BCUT2D eigenvalue weighted by Crippen LogP contribution is 2.15. The van der Waals surface area contributed by atoms with Gasteiger partial charge in [0.1, 0.15) is 11.2 Å². The minimum Gasteiger partial charge on any atom is -0.444 e. The molecule has 0 aromatic carbocycles. The zero-order valence-corrected chi connectivity index (χ0v) is 28.0. The molecule has 0 aliphatic carbocycles. The second kappa shape index (κ2) is 21.3. The van der Waals surface area contributed by atoms with E-state index in [2.05, 4.69) is 10.6 Å². The summed E-state index contributed by atoms with van der Waals surface area (Å²) in [4.78, 5) is 47.9. The normalized spacial score (nSPS) is 13.3. The summed E-state index contributed by atoms with van der Waals surface area (Å²) in [7, 11) is 0. The highest BCUT2D eigenvalue weighted by Gasteiger charge is 2.21. The second-order valence-corrected chi connectivity index (χ2v) is 14.7. The van der Waals surface area contributed by atoms with Gasteiger partial charge in [-0.2, -0.15) is 23.5 Å². The fourth-order valence-electron chi connectivity index (χ4n) is 3.58. The maximum absolute atomic E-state index is 12.2. The minimum atomic E-state index is -0.572. The van der Waals surface area contributed by atoms with E-state index in [4.69, 9.17) is 9.47 Å². The van der Waals surface area contributed by atoms with Gasteiger partial charge in [-0.1, -0.05) is 38.5 Å². The summed E-state index contributed by atoms with van der Waals surface area (Å²) in [5, 5.41) is 5.22. The van der Waals surface area contributed by atoms with E-state index in [1.165, 1.54) is 51.4 Å². The fraction of sp³-hybridized carbons (Fsp3) is 0.867. The van der Waals surface area contributed by atoms with Crippen molar-refractivity contribution in [3.63, 3.8) is 0 Å². The van der Waals surface area contributed by atoms with Gasteiger partial charge in [0.05, 0.1) is 12.1 Å². The first-order chi connectivity index (χ1) is 18.6. The molecule has 2 N–H and O–H groups in total. The average molecular weight is 605 g/mol. The van der Waals surface area contributed by atoms with Gasteiger partial charge in [-0.25, -0.2) is 9.59 Å². The molecule has 0 aromatic heterocycles. The van der Waals surface area contributed by atoms with Crippen molar-refractivity contribution in [3.8, 4) is 0 Å². The molecule has 2 amide bonds. The zero-order chi connectivity index (χ0) is 30.6. The van der Waals surface area contributed by atoms with Crippen LogP contribution in [0.2, 0.25) is 0 Å². The topological polar surface area (TPSA) is 111 Å². The number of hydrogen-bond donors (Lipinski definition) is 2. The van der Waals surface area contributed by atoms with Crippen molar-refractivity contribution in [2.75, 3.05) is 23.0 Å². The standard InChI is InChI=1S/C30H56N2O6S2/c1-23(31-27(35)37-29(3,4)5)25(33)17-21-39-19-15-13-11-9-10-12-14-16-20-40-22-18-26(34)24(2)32-28(36)38-30(6,7)8/h23-24H,9-22H2,1-8H3,(H,31,35)(H,32,36)/t23-,24-/m0/s1. The largest absolute Gasteiger partial charge is 0.444 e. The van der Waals surface area contributed by atoms with Crippen molar-refractivity contribution < 1.29 is 28.7 Å². The monoisotopic (exact) mass is 604 g/mol. The maximum atomic E-state index is 12.2. The first-order valence-electron chi connectivity index (χ1n) is 14.8. The molecule has 0 unspecified atom stereocenters. The summed E-state index contributed by atoms with van der Waals surface area (Å²) in [5.74, 6) is 3.77. The van der Waals surface area contributed by atoms with Crippen molar-refractivity contribution in [1.29, 1.82) is 0 Å². The van der Waals surface area contributed by atoms with Crippen LogP contribution in [0.4, 0.5) is 9.59 Å². The van der Waals surface area contributed by atoms with Crippen LogP contribution in [-0.4, -0.2) is 70.1 Å². The Hall–Kier alpha value is -1.42. The molecule has 234 valence electrons. The van der Waals surface area contributed by atoms with E-state index in [9.17, 15) is 19.2 Å². The average Bonchev–Trinajstić information content (AvgIpc) is 2.80. The molecule has 0 spiro atoms. The molecule has 0 heterocycles. The molecule has 0 saturated heterocycles. The Morgan fingerprint density at radius 3 is 1.15 bits per heavy atom. The van der Waals surface area contributed by atoms with Crippen molar-refractivity contribution in [2.45, 2.75) is 143 Å². The van der Waals surface area contributed by atoms with Gasteiger partial charge in [-0.05, 0) is 79.7 Å². The summed E-state index contributed by atoms with van der Waals surface area (Å²) in [5.41, 5.74) is -1.14. The van der Waals surface area contributed by atoms with Gasteiger partial charge in [0.15, 0.2) is 11.6 Å². The number of hydrogen-bond acceptors (Lipinski definition) is 8. The van der Waals surface area contributed by atoms with Crippen LogP contribution in [0.1, 0.15) is 120 Å². The summed E-state index contributed by atoms with van der Waals surface area (Å²) in [6, 6.07) is -1.05. The highest BCUT2D eigenvalue weighted by molar-refractivity contribution is 7.99. The minimum absolute atomic E-state index is 0.0347. The van der Waals surface area contributed by atoms with E-state index in [-0.39, 0.29) is 11.6 Å².